The van der Waals surface area contributed by atoms with Crippen molar-refractivity contribution in [2.75, 3.05) is 26.8 Å². The van der Waals surface area contributed by atoms with E-state index in [1.807, 2.05) is 0 Å². The SMILES string of the molecule is COCCN(CC(C)C)C(=O)NC1(CC(=O)O)CCCC1. The highest BCUT2D eigenvalue weighted by molar-refractivity contribution is 5.77. The van der Waals surface area contributed by atoms with Gasteiger partial charge in [0.15, 0.2) is 0 Å². The van der Waals surface area contributed by atoms with E-state index in [0.717, 1.165) is 25.7 Å². The lowest BCUT2D eigenvalue weighted by Gasteiger charge is -2.33. The number of hydrogen-bond donors (Lipinski definition) is 2. The Hall–Kier alpha value is -1.30. The number of hydrogen-bond acceptors (Lipinski definition) is 3. The Bertz CT molecular complexity index is 352. The van der Waals surface area contributed by atoms with E-state index in [0.29, 0.717) is 25.6 Å². The summed E-state index contributed by atoms with van der Waals surface area (Å²) in [5, 5.41) is 12.1. The number of amides is 2. The molecular formula is C15H28N2O4. The van der Waals surface area contributed by atoms with E-state index in [9.17, 15) is 9.59 Å². The van der Waals surface area contributed by atoms with Gasteiger partial charge >= 0.3 is 12.0 Å². The highest BCUT2D eigenvalue weighted by Gasteiger charge is 2.38. The van der Waals surface area contributed by atoms with Gasteiger partial charge in [-0.3, -0.25) is 4.79 Å². The van der Waals surface area contributed by atoms with E-state index in [2.05, 4.69) is 19.2 Å². The minimum absolute atomic E-state index is 0.00145. The van der Waals surface area contributed by atoms with Crippen molar-refractivity contribution < 1.29 is 19.4 Å². The molecule has 0 unspecified atom stereocenters. The third kappa shape index (κ3) is 5.91. The van der Waals surface area contributed by atoms with Crippen LogP contribution in [0, 0.1) is 5.92 Å². The molecule has 0 aromatic rings. The van der Waals surface area contributed by atoms with Crippen molar-refractivity contribution in [2.24, 2.45) is 5.92 Å². The largest absolute Gasteiger partial charge is 0.481 e. The first-order chi connectivity index (χ1) is 9.88. The predicted molar refractivity (Wildman–Crippen MR) is 80.3 cm³/mol. The third-order valence-corrected chi connectivity index (χ3v) is 3.86. The molecule has 6 heteroatoms. The second kappa shape index (κ2) is 8.22. The number of ether oxygens (including phenoxy) is 1. The van der Waals surface area contributed by atoms with Crippen LogP contribution < -0.4 is 5.32 Å². The number of carboxylic acids is 1. The highest BCUT2D eigenvalue weighted by Crippen LogP contribution is 2.32. The van der Waals surface area contributed by atoms with Gasteiger partial charge in [-0.2, -0.15) is 0 Å². The second-order valence-electron chi connectivity index (χ2n) is 6.32. The second-order valence-corrected chi connectivity index (χ2v) is 6.32. The maximum atomic E-state index is 12.5. The van der Waals surface area contributed by atoms with Gasteiger partial charge in [0.05, 0.1) is 18.6 Å². The lowest BCUT2D eigenvalue weighted by atomic mass is 9.93. The first kappa shape index (κ1) is 17.8. The number of carboxylic acid groups (broad SMARTS) is 1. The Balaban J connectivity index is 2.70. The molecule has 0 saturated heterocycles. The number of rotatable bonds is 8. The topological polar surface area (TPSA) is 78.9 Å². The molecule has 122 valence electrons. The molecule has 1 aliphatic rings. The Kier molecular flexibility index (Phi) is 6.95. The molecule has 1 aliphatic carbocycles. The Morgan fingerprint density at radius 1 is 1.33 bits per heavy atom. The summed E-state index contributed by atoms with van der Waals surface area (Å²) < 4.78 is 5.05. The molecule has 0 radical (unpaired) electrons. The van der Waals surface area contributed by atoms with Gasteiger partial charge in [0.1, 0.15) is 0 Å². The van der Waals surface area contributed by atoms with Gasteiger partial charge in [-0.1, -0.05) is 26.7 Å². The minimum Gasteiger partial charge on any atom is -0.481 e. The van der Waals surface area contributed by atoms with Crippen molar-refractivity contribution in [1.82, 2.24) is 10.2 Å². The molecular weight excluding hydrogens is 272 g/mol. The summed E-state index contributed by atoms with van der Waals surface area (Å²) in [6.07, 6.45) is 3.42. The third-order valence-electron chi connectivity index (χ3n) is 3.86. The van der Waals surface area contributed by atoms with Crippen molar-refractivity contribution in [1.29, 1.82) is 0 Å². The van der Waals surface area contributed by atoms with E-state index in [4.69, 9.17) is 9.84 Å². The standard InChI is InChI=1S/C15H28N2O4/c1-12(2)11-17(8-9-21-3)14(20)16-15(10-13(18)19)6-4-5-7-15/h12H,4-11H2,1-3H3,(H,16,20)(H,18,19). The molecule has 1 fully saturated rings. The van der Waals surface area contributed by atoms with Crippen LogP contribution in [0.1, 0.15) is 46.0 Å². The van der Waals surface area contributed by atoms with Gasteiger partial charge < -0.3 is 20.1 Å². The number of carbonyl (C=O) groups excluding carboxylic acids is 1. The van der Waals surface area contributed by atoms with E-state index < -0.39 is 11.5 Å². The number of nitrogens with one attached hydrogen (secondary N) is 1. The van der Waals surface area contributed by atoms with Crippen LogP contribution >= 0.6 is 0 Å². The normalized spacial score (nSPS) is 17.0. The summed E-state index contributed by atoms with van der Waals surface area (Å²) in [5.74, 6) is -0.504. The number of aliphatic carboxylic acids is 1. The molecule has 6 nitrogen and oxygen atoms in total. The minimum atomic E-state index is -0.857. The first-order valence-corrected chi connectivity index (χ1v) is 7.66. The van der Waals surface area contributed by atoms with Gasteiger partial charge in [0.25, 0.3) is 0 Å². The number of carbonyl (C=O) groups is 2. The fourth-order valence-electron chi connectivity index (χ4n) is 2.91. The Morgan fingerprint density at radius 2 is 1.95 bits per heavy atom. The van der Waals surface area contributed by atoms with Gasteiger partial charge in [-0.05, 0) is 18.8 Å². The molecule has 2 N–H and O–H groups in total. The molecule has 21 heavy (non-hydrogen) atoms. The molecule has 0 spiro atoms. The fourth-order valence-corrected chi connectivity index (χ4v) is 2.91. The first-order valence-electron chi connectivity index (χ1n) is 7.66. The van der Waals surface area contributed by atoms with Crippen LogP contribution in [0.4, 0.5) is 4.79 Å². The van der Waals surface area contributed by atoms with Crippen LogP contribution in [0.25, 0.3) is 0 Å². The summed E-state index contributed by atoms with van der Waals surface area (Å²) in [4.78, 5) is 25.3. The number of urea groups is 1. The summed E-state index contributed by atoms with van der Waals surface area (Å²) in [6, 6.07) is -0.177. The highest BCUT2D eigenvalue weighted by atomic mass is 16.5. The lowest BCUT2D eigenvalue weighted by molar-refractivity contribution is -0.138. The Labute approximate surface area is 126 Å². The zero-order chi connectivity index (χ0) is 15.9. The molecule has 0 atom stereocenters. The van der Waals surface area contributed by atoms with Gasteiger partial charge in [0.2, 0.25) is 0 Å². The summed E-state index contributed by atoms with van der Waals surface area (Å²) in [7, 11) is 1.61. The maximum absolute atomic E-state index is 12.5. The molecule has 2 amide bonds. The van der Waals surface area contributed by atoms with E-state index >= 15 is 0 Å². The number of nitrogens with zero attached hydrogens (tertiary/aromatic N) is 1. The van der Waals surface area contributed by atoms with Gasteiger partial charge in [0, 0.05) is 20.2 Å². The van der Waals surface area contributed by atoms with Crippen molar-refractivity contribution in [3.63, 3.8) is 0 Å². The van der Waals surface area contributed by atoms with Crippen molar-refractivity contribution in [2.45, 2.75) is 51.5 Å². The molecule has 0 aromatic heterocycles. The van der Waals surface area contributed by atoms with E-state index in [-0.39, 0.29) is 12.5 Å². The zero-order valence-electron chi connectivity index (χ0n) is 13.4. The summed E-state index contributed by atoms with van der Waals surface area (Å²) >= 11 is 0. The van der Waals surface area contributed by atoms with E-state index in [1.54, 1.807) is 12.0 Å². The Morgan fingerprint density at radius 3 is 2.43 bits per heavy atom. The maximum Gasteiger partial charge on any atom is 0.317 e. The average molecular weight is 300 g/mol. The molecule has 0 aromatic carbocycles. The van der Waals surface area contributed by atoms with Gasteiger partial charge in [-0.15, -0.1) is 0 Å². The molecule has 1 rings (SSSR count). The summed E-state index contributed by atoms with van der Waals surface area (Å²) in [6.45, 7) is 5.74. The molecule has 1 saturated carbocycles. The average Bonchev–Trinajstić information content (AvgIpc) is 2.81. The van der Waals surface area contributed by atoms with E-state index in [1.165, 1.54) is 0 Å². The van der Waals surface area contributed by atoms with Crippen LogP contribution in [0.15, 0.2) is 0 Å². The fraction of sp³-hybridized carbons (Fsp3) is 0.867. The van der Waals surface area contributed by atoms with Crippen LogP contribution in [-0.4, -0.2) is 54.4 Å². The van der Waals surface area contributed by atoms with Crippen molar-refractivity contribution in [3.05, 3.63) is 0 Å². The predicted octanol–water partition coefficient (Wildman–Crippen LogP) is 2.09. The van der Waals surface area contributed by atoms with Crippen LogP contribution in [0.2, 0.25) is 0 Å². The molecule has 0 aliphatic heterocycles. The summed E-state index contributed by atoms with van der Waals surface area (Å²) in [5.41, 5.74) is -0.578. The van der Waals surface area contributed by atoms with Gasteiger partial charge in [-0.25, -0.2) is 4.79 Å². The van der Waals surface area contributed by atoms with Crippen molar-refractivity contribution >= 4 is 12.0 Å². The zero-order valence-corrected chi connectivity index (χ0v) is 13.4. The molecule has 0 heterocycles. The van der Waals surface area contributed by atoms with Crippen molar-refractivity contribution in [3.8, 4) is 0 Å². The van der Waals surface area contributed by atoms with Crippen LogP contribution in [0.3, 0.4) is 0 Å². The van der Waals surface area contributed by atoms with Crippen LogP contribution in [-0.2, 0) is 9.53 Å². The lowest BCUT2D eigenvalue weighted by Crippen LogP contribution is -2.54. The van der Waals surface area contributed by atoms with Crippen LogP contribution in [0.5, 0.6) is 0 Å². The molecule has 0 bridgehead atoms. The smallest absolute Gasteiger partial charge is 0.317 e. The monoisotopic (exact) mass is 300 g/mol. The quantitative estimate of drug-likeness (QED) is 0.719. The number of methoxy groups -OCH3 is 1.